The van der Waals surface area contributed by atoms with Gasteiger partial charge in [0.25, 0.3) is 0 Å². The highest BCUT2D eigenvalue weighted by atomic mass is 16.3. The maximum Gasteiger partial charge on any atom is 0.0805 e. The predicted molar refractivity (Wildman–Crippen MR) is 61.8 cm³/mol. The van der Waals surface area contributed by atoms with Crippen LogP contribution >= 0.6 is 0 Å². The monoisotopic (exact) mass is 205 g/mol. The van der Waals surface area contributed by atoms with Gasteiger partial charge in [-0.2, -0.15) is 0 Å². The zero-order valence-corrected chi connectivity index (χ0v) is 9.24. The molecule has 82 valence electrons. The number of rotatable bonds is 3. The molecule has 2 rings (SSSR count). The van der Waals surface area contributed by atoms with Crippen LogP contribution in [-0.4, -0.2) is 17.7 Å². The molecular weight excluding hydrogens is 186 g/mol. The number of aliphatic hydroxyl groups is 1. The lowest BCUT2D eigenvalue weighted by molar-refractivity contribution is 0.154. The molecule has 2 unspecified atom stereocenters. The number of benzene rings is 1. The molecule has 1 heterocycles. The lowest BCUT2D eigenvalue weighted by Gasteiger charge is -2.16. The van der Waals surface area contributed by atoms with E-state index < -0.39 is 0 Å². The molecule has 0 amide bonds. The van der Waals surface area contributed by atoms with Crippen molar-refractivity contribution in [2.45, 2.75) is 38.3 Å². The van der Waals surface area contributed by atoms with E-state index in [0.29, 0.717) is 6.04 Å². The lowest BCUT2D eigenvalue weighted by atomic mass is 10.00. The molecule has 2 atom stereocenters. The van der Waals surface area contributed by atoms with Gasteiger partial charge in [0.15, 0.2) is 0 Å². The average molecular weight is 205 g/mol. The number of hydrogen-bond acceptors (Lipinski definition) is 2. The quantitative estimate of drug-likeness (QED) is 0.792. The summed E-state index contributed by atoms with van der Waals surface area (Å²) in [7, 11) is 0. The van der Waals surface area contributed by atoms with Crippen molar-refractivity contribution in [3.63, 3.8) is 0 Å². The predicted octanol–water partition coefficient (Wildman–Crippen LogP) is 2.17. The summed E-state index contributed by atoms with van der Waals surface area (Å²) >= 11 is 0. The largest absolute Gasteiger partial charge is 0.388 e. The molecule has 1 fully saturated rings. The van der Waals surface area contributed by atoms with Crippen molar-refractivity contribution < 1.29 is 5.11 Å². The fourth-order valence-electron chi connectivity index (χ4n) is 2.24. The van der Waals surface area contributed by atoms with Gasteiger partial charge in [0.1, 0.15) is 0 Å². The van der Waals surface area contributed by atoms with Gasteiger partial charge in [-0.3, -0.25) is 0 Å². The van der Waals surface area contributed by atoms with Gasteiger partial charge in [-0.1, -0.05) is 29.8 Å². The Hall–Kier alpha value is -0.860. The van der Waals surface area contributed by atoms with Crippen LogP contribution in [0.3, 0.4) is 0 Å². The van der Waals surface area contributed by atoms with E-state index in [4.69, 9.17) is 0 Å². The summed E-state index contributed by atoms with van der Waals surface area (Å²) in [6.07, 6.45) is 2.96. The van der Waals surface area contributed by atoms with Crippen LogP contribution in [-0.2, 0) is 0 Å². The van der Waals surface area contributed by atoms with Crippen LogP contribution in [0.15, 0.2) is 24.3 Å². The van der Waals surface area contributed by atoms with E-state index in [1.165, 1.54) is 18.4 Å². The first-order chi connectivity index (χ1) is 7.25. The summed E-state index contributed by atoms with van der Waals surface area (Å²) in [5.41, 5.74) is 2.26. The Kier molecular flexibility index (Phi) is 3.39. The van der Waals surface area contributed by atoms with Crippen LogP contribution in [0.1, 0.15) is 36.5 Å². The number of hydrogen-bond donors (Lipinski definition) is 2. The second kappa shape index (κ2) is 4.77. The first-order valence-corrected chi connectivity index (χ1v) is 5.74. The van der Waals surface area contributed by atoms with E-state index in [2.05, 4.69) is 24.4 Å². The van der Waals surface area contributed by atoms with E-state index >= 15 is 0 Å². The molecule has 1 saturated heterocycles. The Morgan fingerprint density at radius 2 is 2.40 bits per heavy atom. The van der Waals surface area contributed by atoms with Gasteiger partial charge in [0, 0.05) is 6.04 Å². The van der Waals surface area contributed by atoms with E-state index in [1.807, 2.05) is 12.1 Å². The van der Waals surface area contributed by atoms with E-state index in [-0.39, 0.29) is 6.10 Å². The van der Waals surface area contributed by atoms with Crippen molar-refractivity contribution in [1.29, 1.82) is 0 Å². The third-order valence-corrected chi connectivity index (χ3v) is 3.10. The zero-order valence-electron chi connectivity index (χ0n) is 9.24. The number of nitrogens with one attached hydrogen (secondary N) is 1. The molecular formula is C13H19NO. The zero-order chi connectivity index (χ0) is 10.7. The molecule has 0 spiro atoms. The van der Waals surface area contributed by atoms with Gasteiger partial charge < -0.3 is 10.4 Å². The molecule has 0 aliphatic carbocycles. The molecule has 1 aromatic rings. The second-order valence-corrected chi connectivity index (χ2v) is 4.46. The van der Waals surface area contributed by atoms with Crippen LogP contribution in [0.25, 0.3) is 0 Å². The normalized spacial score (nSPS) is 22.9. The molecule has 0 radical (unpaired) electrons. The second-order valence-electron chi connectivity index (χ2n) is 4.46. The van der Waals surface area contributed by atoms with Gasteiger partial charge in [0.2, 0.25) is 0 Å². The molecule has 0 saturated carbocycles. The molecule has 2 nitrogen and oxygen atoms in total. The van der Waals surface area contributed by atoms with Crippen LogP contribution in [0.2, 0.25) is 0 Å². The summed E-state index contributed by atoms with van der Waals surface area (Å²) in [5, 5.41) is 13.5. The lowest BCUT2D eigenvalue weighted by Crippen LogP contribution is -2.23. The highest BCUT2D eigenvalue weighted by Crippen LogP contribution is 2.22. The molecule has 1 aliphatic heterocycles. The van der Waals surface area contributed by atoms with Crippen LogP contribution in [0.4, 0.5) is 0 Å². The summed E-state index contributed by atoms with van der Waals surface area (Å²) in [4.78, 5) is 0. The topological polar surface area (TPSA) is 32.3 Å². The molecule has 1 aromatic carbocycles. The van der Waals surface area contributed by atoms with Gasteiger partial charge in [-0.05, 0) is 38.3 Å². The number of aryl methyl sites for hydroxylation is 1. The highest BCUT2D eigenvalue weighted by Gasteiger charge is 2.18. The van der Waals surface area contributed by atoms with E-state index in [1.54, 1.807) is 0 Å². The minimum absolute atomic E-state index is 0.319. The highest BCUT2D eigenvalue weighted by molar-refractivity contribution is 5.24. The number of aliphatic hydroxyl groups excluding tert-OH is 1. The third kappa shape index (κ3) is 2.80. The van der Waals surface area contributed by atoms with Gasteiger partial charge in [0.05, 0.1) is 6.10 Å². The Morgan fingerprint density at radius 3 is 3.07 bits per heavy atom. The molecule has 2 N–H and O–H groups in total. The van der Waals surface area contributed by atoms with Crippen molar-refractivity contribution in [2.75, 3.05) is 6.54 Å². The Labute approximate surface area is 91.3 Å². The molecule has 2 heteroatoms. The van der Waals surface area contributed by atoms with E-state index in [9.17, 15) is 5.11 Å². The maximum absolute atomic E-state index is 10.1. The van der Waals surface area contributed by atoms with Gasteiger partial charge in [-0.15, -0.1) is 0 Å². The van der Waals surface area contributed by atoms with Crippen molar-refractivity contribution >= 4 is 0 Å². The van der Waals surface area contributed by atoms with Gasteiger partial charge >= 0.3 is 0 Å². The standard InChI is InChI=1S/C13H19NO/c1-10-4-2-5-11(8-10)13(15)9-12-6-3-7-14-12/h2,4-5,8,12-15H,3,6-7,9H2,1H3. The third-order valence-electron chi connectivity index (χ3n) is 3.10. The Morgan fingerprint density at radius 1 is 1.53 bits per heavy atom. The van der Waals surface area contributed by atoms with Crippen molar-refractivity contribution in [1.82, 2.24) is 5.32 Å². The SMILES string of the molecule is Cc1cccc(C(O)CC2CCCN2)c1. The van der Waals surface area contributed by atoms with Crippen molar-refractivity contribution in [2.24, 2.45) is 0 Å². The average Bonchev–Trinajstić information content (AvgIpc) is 2.70. The molecule has 0 aromatic heterocycles. The Bertz CT molecular complexity index is 318. The summed E-state index contributed by atoms with van der Waals surface area (Å²) in [6.45, 7) is 3.16. The Balaban J connectivity index is 1.97. The molecule has 0 bridgehead atoms. The first-order valence-electron chi connectivity index (χ1n) is 5.74. The summed E-state index contributed by atoms with van der Waals surface area (Å²) in [6, 6.07) is 8.65. The minimum Gasteiger partial charge on any atom is -0.388 e. The van der Waals surface area contributed by atoms with Crippen molar-refractivity contribution in [3.05, 3.63) is 35.4 Å². The molecule has 15 heavy (non-hydrogen) atoms. The minimum atomic E-state index is -0.319. The van der Waals surface area contributed by atoms with Crippen LogP contribution < -0.4 is 5.32 Å². The fourth-order valence-corrected chi connectivity index (χ4v) is 2.24. The van der Waals surface area contributed by atoms with Crippen LogP contribution in [0.5, 0.6) is 0 Å². The summed E-state index contributed by atoms with van der Waals surface area (Å²) in [5.74, 6) is 0. The first kappa shape index (κ1) is 10.7. The van der Waals surface area contributed by atoms with Crippen molar-refractivity contribution in [3.8, 4) is 0 Å². The maximum atomic E-state index is 10.1. The summed E-state index contributed by atoms with van der Waals surface area (Å²) < 4.78 is 0. The smallest absolute Gasteiger partial charge is 0.0805 e. The van der Waals surface area contributed by atoms with Crippen LogP contribution in [0, 0.1) is 6.92 Å². The van der Waals surface area contributed by atoms with Gasteiger partial charge in [-0.25, -0.2) is 0 Å². The molecule has 1 aliphatic rings. The van der Waals surface area contributed by atoms with E-state index in [0.717, 1.165) is 18.5 Å². The fraction of sp³-hybridized carbons (Fsp3) is 0.538.